The van der Waals surface area contributed by atoms with Crippen molar-refractivity contribution in [3.05, 3.63) is 216 Å². The Bertz CT molecular complexity index is 3370. The Morgan fingerprint density at radius 2 is 1.05 bits per heavy atom. The second-order valence-corrected chi connectivity index (χ2v) is 16.5. The first-order chi connectivity index (χ1) is 29.0. The number of hydrogen-bond donors (Lipinski definition) is 1. The van der Waals surface area contributed by atoms with Crippen LogP contribution in [0.2, 0.25) is 0 Å². The van der Waals surface area contributed by atoms with E-state index in [1.54, 1.807) is 0 Å². The van der Waals surface area contributed by atoms with E-state index in [0.717, 1.165) is 39.5 Å². The normalized spacial score (nSPS) is 15.6. The number of nitrogens with one attached hydrogen (secondary N) is 1. The first kappa shape index (κ1) is 33.7. The molecule has 1 aliphatic heterocycles. The maximum Gasteiger partial charge on any atom is 0.209 e. The van der Waals surface area contributed by atoms with Gasteiger partial charge in [0.25, 0.3) is 0 Å². The SMILES string of the molecule is CC1(C)c2ccccc2-c2cc3c4ccc(-c5ccc6c7ccccc7n(-c7ccccc7)c6c5)cc4n(C4=NC(c5ccccc5)=CC(c5ccccc5)N4)c3cc21. The molecule has 0 bridgehead atoms. The first-order valence-electron chi connectivity index (χ1n) is 20.5. The third kappa shape index (κ3) is 5.12. The minimum absolute atomic E-state index is 0.0768. The summed E-state index contributed by atoms with van der Waals surface area (Å²) in [4.78, 5) is 5.48. The van der Waals surface area contributed by atoms with Crippen LogP contribution in [-0.4, -0.2) is 15.1 Å². The summed E-state index contributed by atoms with van der Waals surface area (Å²) in [5.41, 5.74) is 16.5. The van der Waals surface area contributed by atoms with E-state index in [-0.39, 0.29) is 11.5 Å². The zero-order valence-corrected chi connectivity index (χ0v) is 32.9. The molecule has 59 heavy (non-hydrogen) atoms. The molecule has 12 rings (SSSR count). The fourth-order valence-corrected chi connectivity index (χ4v) is 9.87. The fraction of sp³-hybridized carbons (Fsp3) is 0.0727. The van der Waals surface area contributed by atoms with Crippen LogP contribution in [0.4, 0.5) is 0 Å². The maximum absolute atomic E-state index is 5.48. The summed E-state index contributed by atoms with van der Waals surface area (Å²) in [7, 11) is 0. The van der Waals surface area contributed by atoms with E-state index in [1.165, 1.54) is 66.0 Å². The van der Waals surface area contributed by atoms with Crippen molar-refractivity contribution in [1.82, 2.24) is 14.5 Å². The Hall–Kier alpha value is -7.43. The second kappa shape index (κ2) is 12.8. The molecule has 0 radical (unpaired) electrons. The average Bonchev–Trinajstić information content (AvgIpc) is 3.88. The molecular formula is C55H40N4. The summed E-state index contributed by atoms with van der Waals surface area (Å²) >= 11 is 0. The third-order valence-corrected chi connectivity index (χ3v) is 12.8. The van der Waals surface area contributed by atoms with E-state index in [2.05, 4.69) is 222 Å². The lowest BCUT2D eigenvalue weighted by atomic mass is 9.82. The predicted octanol–water partition coefficient (Wildman–Crippen LogP) is 13.5. The lowest BCUT2D eigenvalue weighted by Gasteiger charge is -2.26. The number of hydrogen-bond acceptors (Lipinski definition) is 2. The molecule has 2 aromatic heterocycles. The molecule has 1 unspecified atom stereocenters. The molecule has 10 aromatic rings. The smallest absolute Gasteiger partial charge is 0.209 e. The molecule has 1 atom stereocenters. The monoisotopic (exact) mass is 756 g/mol. The molecule has 0 fully saturated rings. The highest BCUT2D eigenvalue weighted by molar-refractivity contribution is 6.17. The lowest BCUT2D eigenvalue weighted by Crippen LogP contribution is -2.35. The van der Waals surface area contributed by atoms with E-state index in [4.69, 9.17) is 4.99 Å². The highest BCUT2D eigenvalue weighted by atomic mass is 15.2. The molecule has 4 heteroatoms. The molecule has 0 saturated heterocycles. The number of aliphatic imine (C=N–C) groups is 1. The third-order valence-electron chi connectivity index (χ3n) is 12.8. The molecule has 1 N–H and O–H groups in total. The van der Waals surface area contributed by atoms with Crippen LogP contribution in [0.15, 0.2) is 199 Å². The molecule has 2 aliphatic rings. The van der Waals surface area contributed by atoms with Crippen LogP contribution >= 0.6 is 0 Å². The van der Waals surface area contributed by atoms with E-state index in [1.807, 2.05) is 0 Å². The summed E-state index contributed by atoms with van der Waals surface area (Å²) in [6.07, 6.45) is 2.26. The van der Waals surface area contributed by atoms with Gasteiger partial charge in [0.2, 0.25) is 5.96 Å². The van der Waals surface area contributed by atoms with Gasteiger partial charge in [0, 0.05) is 38.2 Å². The van der Waals surface area contributed by atoms with Crippen LogP contribution in [0.5, 0.6) is 0 Å². The Labute approximate surface area is 343 Å². The molecule has 8 aromatic carbocycles. The fourth-order valence-electron chi connectivity index (χ4n) is 9.87. The molecule has 0 saturated carbocycles. The van der Waals surface area contributed by atoms with Crippen molar-refractivity contribution >= 4 is 55.3 Å². The highest BCUT2D eigenvalue weighted by Gasteiger charge is 2.36. The second-order valence-electron chi connectivity index (χ2n) is 16.5. The Balaban J connectivity index is 1.12. The van der Waals surface area contributed by atoms with Crippen LogP contribution in [0.3, 0.4) is 0 Å². The van der Waals surface area contributed by atoms with Gasteiger partial charge in [-0.3, -0.25) is 4.57 Å². The summed E-state index contributed by atoms with van der Waals surface area (Å²) in [5.74, 6) is 0.810. The van der Waals surface area contributed by atoms with E-state index < -0.39 is 0 Å². The van der Waals surface area contributed by atoms with Crippen LogP contribution < -0.4 is 5.32 Å². The van der Waals surface area contributed by atoms with Crippen LogP contribution in [-0.2, 0) is 5.41 Å². The van der Waals surface area contributed by atoms with Crippen molar-refractivity contribution in [2.45, 2.75) is 25.3 Å². The quantitative estimate of drug-likeness (QED) is 0.191. The summed E-state index contributed by atoms with van der Waals surface area (Å²) in [5, 5.41) is 8.83. The summed E-state index contributed by atoms with van der Waals surface area (Å²) in [6.45, 7) is 4.72. The molecular weight excluding hydrogens is 717 g/mol. The average molecular weight is 757 g/mol. The number of rotatable bonds is 4. The highest BCUT2D eigenvalue weighted by Crippen LogP contribution is 2.51. The van der Waals surface area contributed by atoms with Gasteiger partial charge in [-0.1, -0.05) is 159 Å². The summed E-state index contributed by atoms with van der Waals surface area (Å²) < 4.78 is 4.78. The van der Waals surface area contributed by atoms with Gasteiger partial charge in [0.05, 0.1) is 33.8 Å². The molecule has 3 heterocycles. The van der Waals surface area contributed by atoms with Gasteiger partial charge in [-0.2, -0.15) is 0 Å². The van der Waals surface area contributed by atoms with Crippen molar-refractivity contribution in [2.75, 3.05) is 0 Å². The van der Waals surface area contributed by atoms with Gasteiger partial charge >= 0.3 is 0 Å². The zero-order chi connectivity index (χ0) is 39.2. The lowest BCUT2D eigenvalue weighted by molar-refractivity contribution is 0.661. The number of aromatic nitrogens is 2. The maximum atomic E-state index is 5.48. The van der Waals surface area contributed by atoms with Gasteiger partial charge in [-0.25, -0.2) is 4.99 Å². The molecule has 0 amide bonds. The minimum Gasteiger partial charge on any atom is -0.345 e. The summed E-state index contributed by atoms with van der Waals surface area (Å²) in [6, 6.07) is 68.3. The van der Waals surface area contributed by atoms with E-state index in [0.29, 0.717) is 0 Å². The Morgan fingerprint density at radius 3 is 1.81 bits per heavy atom. The minimum atomic E-state index is -0.150. The van der Waals surface area contributed by atoms with Gasteiger partial charge in [-0.15, -0.1) is 0 Å². The van der Waals surface area contributed by atoms with Crippen LogP contribution in [0.1, 0.15) is 42.1 Å². The zero-order valence-electron chi connectivity index (χ0n) is 32.9. The van der Waals surface area contributed by atoms with Gasteiger partial charge in [0.1, 0.15) is 0 Å². The Kier molecular flexibility index (Phi) is 7.30. The van der Waals surface area contributed by atoms with E-state index in [9.17, 15) is 0 Å². The number of benzene rings is 8. The first-order valence-corrected chi connectivity index (χ1v) is 20.5. The molecule has 4 nitrogen and oxygen atoms in total. The van der Waals surface area contributed by atoms with Crippen molar-refractivity contribution in [3.8, 4) is 27.9 Å². The standard InChI is InChI=1S/C55H40N4/c1-55(2)46-24-14-12-22-40(46)44-32-45-43-29-27-38(37-26-28-42-41-23-13-15-25-50(41)58(51(42)30-37)39-20-10-5-11-21-39)31-52(43)59(53(45)33-47(44)55)54-56-48(35-16-6-3-7-17-35)34-49(57-54)36-18-8-4-9-19-36/h3-34,48H,1-2H3,(H,56,57). The molecule has 280 valence electrons. The van der Waals surface area contributed by atoms with Crippen molar-refractivity contribution in [3.63, 3.8) is 0 Å². The van der Waals surface area contributed by atoms with Gasteiger partial charge in [-0.05, 0) is 87.5 Å². The predicted molar refractivity (Wildman–Crippen MR) is 246 cm³/mol. The van der Waals surface area contributed by atoms with Crippen LogP contribution in [0.25, 0.3) is 77.2 Å². The number of fused-ring (bicyclic) bond motifs is 9. The van der Waals surface area contributed by atoms with Gasteiger partial charge in [0.15, 0.2) is 0 Å². The number of nitrogens with zero attached hydrogens (tertiary/aromatic N) is 3. The topological polar surface area (TPSA) is 34.2 Å². The largest absolute Gasteiger partial charge is 0.345 e. The van der Waals surface area contributed by atoms with Crippen molar-refractivity contribution in [2.24, 2.45) is 4.99 Å². The van der Waals surface area contributed by atoms with Gasteiger partial charge < -0.3 is 9.88 Å². The van der Waals surface area contributed by atoms with E-state index >= 15 is 0 Å². The molecule has 1 aliphatic carbocycles. The molecule has 0 spiro atoms. The van der Waals surface area contributed by atoms with Crippen LogP contribution in [0, 0.1) is 0 Å². The Morgan fingerprint density at radius 1 is 0.458 bits per heavy atom. The van der Waals surface area contributed by atoms with Crippen molar-refractivity contribution in [1.29, 1.82) is 0 Å². The number of para-hydroxylation sites is 2. The van der Waals surface area contributed by atoms with Crippen molar-refractivity contribution < 1.29 is 0 Å².